The first-order valence-corrected chi connectivity index (χ1v) is 13.1. The van der Waals surface area contributed by atoms with Crippen molar-refractivity contribution in [2.75, 3.05) is 13.2 Å². The zero-order valence-corrected chi connectivity index (χ0v) is 20.4. The predicted octanol–water partition coefficient (Wildman–Crippen LogP) is 3.48. The monoisotopic (exact) mass is 509 g/mol. The lowest BCUT2D eigenvalue weighted by atomic mass is 9.61. The van der Waals surface area contributed by atoms with E-state index in [0.717, 1.165) is 51.4 Å². The van der Waals surface area contributed by atoms with E-state index in [4.69, 9.17) is 27.9 Å². The van der Waals surface area contributed by atoms with E-state index in [2.05, 4.69) is 16.0 Å². The highest BCUT2D eigenvalue weighted by molar-refractivity contribution is 6.30. The average Bonchev–Trinajstić information content (AvgIpc) is 2.81. The Labute approximate surface area is 204 Å². The summed E-state index contributed by atoms with van der Waals surface area (Å²) in [5, 5.41) is 9.28. The molecule has 5 unspecified atom stereocenters. The van der Waals surface area contributed by atoms with Gasteiger partial charge < -0.3 is 20.7 Å². The van der Waals surface area contributed by atoms with Crippen molar-refractivity contribution in [1.82, 2.24) is 16.0 Å². The highest BCUT2D eigenvalue weighted by atomic mass is 35.5. The summed E-state index contributed by atoms with van der Waals surface area (Å²) in [6, 6.07) is -0.402. The fraction of sp³-hybridized carbons (Fsp3) is 0.913. The van der Waals surface area contributed by atoms with Gasteiger partial charge in [0.25, 0.3) is 0 Å². The Balaban J connectivity index is 1.20. The van der Waals surface area contributed by atoms with Gasteiger partial charge in [0, 0.05) is 23.5 Å². The van der Waals surface area contributed by atoms with Gasteiger partial charge in [0.1, 0.15) is 6.61 Å². The van der Waals surface area contributed by atoms with Gasteiger partial charge in [-0.25, -0.2) is 8.78 Å². The number of rotatable bonds is 7. The molecular weight excluding hydrogens is 475 g/mol. The van der Waals surface area contributed by atoms with Gasteiger partial charge >= 0.3 is 0 Å². The van der Waals surface area contributed by atoms with E-state index in [9.17, 15) is 18.4 Å². The van der Waals surface area contributed by atoms with Gasteiger partial charge in [-0.15, -0.1) is 23.2 Å². The Bertz CT molecular complexity index is 697. The fourth-order valence-corrected chi connectivity index (χ4v) is 6.50. The molecule has 188 valence electrons. The zero-order valence-electron chi connectivity index (χ0n) is 18.9. The second-order valence-corrected chi connectivity index (χ2v) is 11.6. The molecule has 0 spiro atoms. The van der Waals surface area contributed by atoms with Crippen LogP contribution >= 0.6 is 23.2 Å². The van der Waals surface area contributed by atoms with Crippen LogP contribution < -0.4 is 16.0 Å². The highest BCUT2D eigenvalue weighted by Gasteiger charge is 2.50. The number of hydrogen-bond donors (Lipinski definition) is 3. The average molecular weight is 510 g/mol. The summed E-state index contributed by atoms with van der Waals surface area (Å²) in [5.74, 6) is -0.858. The topological polar surface area (TPSA) is 79.5 Å². The first-order chi connectivity index (χ1) is 15.7. The van der Waals surface area contributed by atoms with Gasteiger partial charge in [0.15, 0.2) is 0 Å². The number of fused-ring (bicyclic) bond motifs is 3. The van der Waals surface area contributed by atoms with Gasteiger partial charge in [0.05, 0.1) is 22.9 Å². The number of hydrogen-bond acceptors (Lipinski definition) is 4. The minimum absolute atomic E-state index is 0.0256. The lowest BCUT2D eigenvalue weighted by Crippen LogP contribution is -2.65. The Morgan fingerprint density at radius 2 is 1.58 bits per heavy atom. The number of amides is 2. The summed E-state index contributed by atoms with van der Waals surface area (Å²) >= 11 is 12.4. The van der Waals surface area contributed by atoms with Gasteiger partial charge in [-0.2, -0.15) is 0 Å². The van der Waals surface area contributed by atoms with Crippen LogP contribution in [-0.2, 0) is 14.3 Å². The molecule has 0 radical (unpaired) electrons. The number of piperidine rings is 1. The van der Waals surface area contributed by atoms with E-state index in [1.807, 2.05) is 0 Å². The fourth-order valence-electron chi connectivity index (χ4n) is 5.95. The first kappa shape index (κ1) is 25.4. The molecule has 5 aliphatic rings. The molecule has 2 amide bonds. The minimum Gasteiger partial charge on any atom is -0.368 e. The number of carbonyl (C=O) groups excluding carboxylic acids is 2. The van der Waals surface area contributed by atoms with Crippen LogP contribution in [0.4, 0.5) is 8.78 Å². The van der Waals surface area contributed by atoms with Crippen molar-refractivity contribution in [3.63, 3.8) is 0 Å². The summed E-state index contributed by atoms with van der Waals surface area (Å²) < 4.78 is 31.5. The lowest BCUT2D eigenvalue weighted by Gasteiger charge is -2.54. The van der Waals surface area contributed by atoms with Gasteiger partial charge in [-0.05, 0) is 70.6 Å². The van der Waals surface area contributed by atoms with E-state index in [-0.39, 0.29) is 52.9 Å². The lowest BCUT2D eigenvalue weighted by molar-refractivity contribution is -0.134. The maximum Gasteiger partial charge on any atom is 0.246 e. The molecule has 10 heteroatoms. The quantitative estimate of drug-likeness (QED) is 0.459. The number of carbonyl (C=O) groups is 2. The van der Waals surface area contributed by atoms with Crippen LogP contribution in [0.1, 0.15) is 70.6 Å². The predicted molar refractivity (Wildman–Crippen MR) is 123 cm³/mol. The van der Waals surface area contributed by atoms with Crippen LogP contribution in [0.25, 0.3) is 0 Å². The summed E-state index contributed by atoms with van der Waals surface area (Å²) in [5.41, 5.74) is -0.486. The van der Waals surface area contributed by atoms with Crippen LogP contribution in [0.5, 0.6) is 0 Å². The molecule has 0 aromatic rings. The molecule has 1 saturated heterocycles. The summed E-state index contributed by atoms with van der Waals surface area (Å²) in [6.45, 7) is 0.205. The second kappa shape index (κ2) is 10.5. The Morgan fingerprint density at radius 1 is 0.939 bits per heavy atom. The maximum absolute atomic E-state index is 12.9. The van der Waals surface area contributed by atoms with Crippen LogP contribution in [0.3, 0.4) is 0 Å². The van der Waals surface area contributed by atoms with Gasteiger partial charge in [-0.1, -0.05) is 0 Å². The van der Waals surface area contributed by atoms with E-state index < -0.39 is 18.4 Å². The molecular formula is C23H35Cl2F2N3O3. The van der Waals surface area contributed by atoms with E-state index in [1.54, 1.807) is 0 Å². The van der Waals surface area contributed by atoms with Crippen molar-refractivity contribution < 1.29 is 23.1 Å². The smallest absolute Gasteiger partial charge is 0.246 e. The molecule has 5 fully saturated rings. The van der Waals surface area contributed by atoms with Crippen molar-refractivity contribution in [3.8, 4) is 0 Å². The zero-order chi connectivity index (χ0) is 23.6. The Kier molecular flexibility index (Phi) is 8.08. The second-order valence-electron chi connectivity index (χ2n) is 10.5. The van der Waals surface area contributed by atoms with Crippen LogP contribution in [0.15, 0.2) is 0 Å². The van der Waals surface area contributed by atoms with Crippen molar-refractivity contribution in [3.05, 3.63) is 0 Å². The molecule has 4 saturated carbocycles. The Hall–Kier alpha value is -0.700. The summed E-state index contributed by atoms with van der Waals surface area (Å²) in [7, 11) is 0. The van der Waals surface area contributed by atoms with Crippen molar-refractivity contribution in [2.45, 2.75) is 111 Å². The first-order valence-electron chi connectivity index (χ1n) is 12.2. The SMILES string of the molecule is O=C(COC1CCC(Cl)C(Cl)C1)NC12CCC(NC(=O)C3CCC(C(F)F)CN3)(CC1)CC2. The molecule has 33 heavy (non-hydrogen) atoms. The largest absolute Gasteiger partial charge is 0.368 e. The molecule has 0 aromatic heterocycles. The van der Waals surface area contributed by atoms with Crippen molar-refractivity contribution in [1.29, 1.82) is 0 Å². The molecule has 0 aromatic carbocycles. The standard InChI is InChI=1S/C23H35Cl2F2N3O3/c24-16-3-2-15(11-17(16)25)33-13-19(31)29-22-5-8-23(9-6-22,10-7-22)30-21(32)18-4-1-14(12-28-18)20(26)27/h14-18,20,28H,1-13H2,(H,29,31)(H,30,32). The maximum atomic E-state index is 12.9. The number of nitrogens with one attached hydrogen (secondary N) is 3. The van der Waals surface area contributed by atoms with Crippen LogP contribution in [0.2, 0.25) is 0 Å². The van der Waals surface area contributed by atoms with Gasteiger partial charge in [0.2, 0.25) is 18.2 Å². The van der Waals surface area contributed by atoms with Crippen molar-refractivity contribution in [2.24, 2.45) is 5.92 Å². The van der Waals surface area contributed by atoms with E-state index >= 15 is 0 Å². The molecule has 2 bridgehead atoms. The molecule has 1 heterocycles. The third-order valence-corrected chi connectivity index (χ3v) is 9.39. The third-order valence-electron chi connectivity index (χ3n) is 8.26. The van der Waals surface area contributed by atoms with E-state index in [0.29, 0.717) is 19.3 Å². The number of ether oxygens (including phenoxy) is 1. The molecule has 3 N–H and O–H groups in total. The number of alkyl halides is 4. The molecule has 5 atom stereocenters. The third kappa shape index (κ3) is 6.11. The molecule has 4 aliphatic carbocycles. The van der Waals surface area contributed by atoms with Crippen molar-refractivity contribution >= 4 is 35.0 Å². The van der Waals surface area contributed by atoms with E-state index in [1.165, 1.54) is 0 Å². The van der Waals surface area contributed by atoms with Gasteiger partial charge in [-0.3, -0.25) is 9.59 Å². The summed E-state index contributed by atoms with van der Waals surface area (Å²) in [6.07, 6.45) is 5.55. The minimum atomic E-state index is -2.34. The molecule has 1 aliphatic heterocycles. The molecule has 5 rings (SSSR count). The number of halogens is 4. The summed E-state index contributed by atoms with van der Waals surface area (Å²) in [4.78, 5) is 25.4. The van der Waals surface area contributed by atoms with Crippen LogP contribution in [-0.4, -0.2) is 65.4 Å². The molecule has 6 nitrogen and oxygen atoms in total. The van der Waals surface area contributed by atoms with Crippen LogP contribution in [0, 0.1) is 5.92 Å². The Morgan fingerprint density at radius 3 is 2.12 bits per heavy atom. The normalized spacial score (nSPS) is 41.1. The highest BCUT2D eigenvalue weighted by Crippen LogP contribution is 2.47.